The molecule has 1 unspecified atom stereocenters. The zero-order valence-corrected chi connectivity index (χ0v) is 14.6. The van der Waals surface area contributed by atoms with Crippen molar-refractivity contribution < 1.29 is 4.57 Å². The summed E-state index contributed by atoms with van der Waals surface area (Å²) in [5.41, 5.74) is 0. The van der Waals surface area contributed by atoms with Crippen molar-refractivity contribution in [3.63, 3.8) is 0 Å². The molecule has 0 saturated heterocycles. The van der Waals surface area contributed by atoms with Gasteiger partial charge < -0.3 is 4.57 Å². The average molecular weight is 302 g/mol. The SMILES string of the molecule is CC([Si](C)(C)C)P(=O)(c1ccccc1)c1ccccc1. The summed E-state index contributed by atoms with van der Waals surface area (Å²) in [5, 5.41) is 2.20. The van der Waals surface area contributed by atoms with Crippen molar-refractivity contribution >= 4 is 25.8 Å². The fourth-order valence-corrected chi connectivity index (χ4v) is 10.1. The molecule has 0 fully saturated rings. The van der Waals surface area contributed by atoms with Gasteiger partial charge in [-0.15, -0.1) is 0 Å². The van der Waals surface area contributed by atoms with Gasteiger partial charge in [0.25, 0.3) is 0 Å². The second-order valence-corrected chi connectivity index (χ2v) is 15.6. The van der Waals surface area contributed by atoms with Crippen LogP contribution in [0.3, 0.4) is 0 Å². The Morgan fingerprint density at radius 3 is 1.45 bits per heavy atom. The van der Waals surface area contributed by atoms with Crippen LogP contribution < -0.4 is 10.6 Å². The van der Waals surface area contributed by atoms with Crippen LogP contribution >= 0.6 is 7.14 Å². The first-order valence-corrected chi connectivity index (χ1v) is 12.4. The second kappa shape index (κ2) is 5.71. The van der Waals surface area contributed by atoms with E-state index in [4.69, 9.17) is 0 Å². The van der Waals surface area contributed by atoms with E-state index in [0.29, 0.717) is 0 Å². The minimum absolute atomic E-state index is 0.222. The standard InChI is InChI=1S/C17H23OPSi/c1-15(20(2,3)4)19(18,16-11-7-5-8-12-16)17-13-9-6-10-14-17/h5-15H,1-4H3. The van der Waals surface area contributed by atoms with Gasteiger partial charge in [-0.2, -0.15) is 0 Å². The van der Waals surface area contributed by atoms with Crippen molar-refractivity contribution in [2.45, 2.75) is 31.8 Å². The molecule has 2 aromatic rings. The lowest BCUT2D eigenvalue weighted by atomic mass is 10.4. The summed E-state index contributed by atoms with van der Waals surface area (Å²) in [7, 11) is -4.10. The zero-order chi connectivity index (χ0) is 14.8. The van der Waals surface area contributed by atoms with Crippen molar-refractivity contribution in [3.05, 3.63) is 60.7 Å². The summed E-state index contributed by atoms with van der Waals surface area (Å²) >= 11 is 0. The van der Waals surface area contributed by atoms with Crippen molar-refractivity contribution in [2.24, 2.45) is 0 Å². The van der Waals surface area contributed by atoms with Crippen LogP contribution in [0, 0.1) is 0 Å². The molecule has 0 heterocycles. The highest BCUT2D eigenvalue weighted by atomic mass is 31.2. The maximum absolute atomic E-state index is 14.0. The topological polar surface area (TPSA) is 17.1 Å². The quantitative estimate of drug-likeness (QED) is 0.609. The average Bonchev–Trinajstić information content (AvgIpc) is 2.46. The second-order valence-electron chi connectivity index (χ2n) is 6.37. The molecule has 0 aliphatic carbocycles. The van der Waals surface area contributed by atoms with Crippen LogP contribution in [0.5, 0.6) is 0 Å². The van der Waals surface area contributed by atoms with Crippen LogP contribution in [0.4, 0.5) is 0 Å². The van der Waals surface area contributed by atoms with Crippen molar-refractivity contribution in [1.82, 2.24) is 0 Å². The molecule has 20 heavy (non-hydrogen) atoms. The fourth-order valence-electron chi connectivity index (χ4n) is 2.44. The lowest BCUT2D eigenvalue weighted by Crippen LogP contribution is -2.41. The third kappa shape index (κ3) is 2.82. The van der Waals surface area contributed by atoms with Crippen LogP contribution in [0.2, 0.25) is 19.6 Å². The van der Waals surface area contributed by atoms with Crippen LogP contribution in [0.15, 0.2) is 60.7 Å². The Bertz CT molecular complexity index is 558. The van der Waals surface area contributed by atoms with E-state index in [1.807, 2.05) is 60.7 Å². The first-order chi connectivity index (χ1) is 9.37. The van der Waals surface area contributed by atoms with Crippen molar-refractivity contribution in [1.29, 1.82) is 0 Å². The molecule has 2 aromatic carbocycles. The molecule has 3 heteroatoms. The molecule has 0 aliphatic heterocycles. The summed E-state index contributed by atoms with van der Waals surface area (Å²) in [5.74, 6) is 0. The van der Waals surface area contributed by atoms with Gasteiger partial charge in [0.15, 0.2) is 0 Å². The Labute approximate surface area is 123 Å². The molecule has 0 amide bonds. The molecular weight excluding hydrogens is 279 g/mol. The van der Waals surface area contributed by atoms with Gasteiger partial charge in [-0.3, -0.25) is 0 Å². The Morgan fingerprint density at radius 1 is 0.800 bits per heavy atom. The van der Waals surface area contributed by atoms with Gasteiger partial charge in [0, 0.05) is 15.9 Å². The smallest absolute Gasteiger partial charge is 0.143 e. The van der Waals surface area contributed by atoms with E-state index < -0.39 is 15.2 Å². The molecule has 0 radical (unpaired) electrons. The van der Waals surface area contributed by atoms with E-state index in [9.17, 15) is 4.57 Å². The van der Waals surface area contributed by atoms with E-state index in [-0.39, 0.29) is 5.28 Å². The highest BCUT2D eigenvalue weighted by molar-refractivity contribution is 7.81. The predicted molar refractivity (Wildman–Crippen MR) is 92.6 cm³/mol. The maximum atomic E-state index is 14.0. The molecule has 106 valence electrons. The molecule has 0 bridgehead atoms. The van der Waals surface area contributed by atoms with E-state index in [2.05, 4.69) is 26.6 Å². The normalized spacial score (nSPS) is 14.0. The summed E-state index contributed by atoms with van der Waals surface area (Å²) in [4.78, 5) is 0. The summed E-state index contributed by atoms with van der Waals surface area (Å²) in [6, 6.07) is 20.0. The van der Waals surface area contributed by atoms with Crippen LogP contribution in [-0.4, -0.2) is 13.4 Å². The maximum Gasteiger partial charge on any atom is 0.143 e. The molecule has 0 spiro atoms. The fraction of sp³-hybridized carbons (Fsp3) is 0.294. The number of hydrogen-bond acceptors (Lipinski definition) is 1. The van der Waals surface area contributed by atoms with Crippen molar-refractivity contribution in [3.8, 4) is 0 Å². The molecule has 1 atom stereocenters. The Kier molecular flexibility index (Phi) is 4.36. The van der Waals surface area contributed by atoms with Gasteiger partial charge in [0.2, 0.25) is 0 Å². The third-order valence-electron chi connectivity index (χ3n) is 4.08. The van der Waals surface area contributed by atoms with Gasteiger partial charge in [-0.25, -0.2) is 0 Å². The molecule has 2 rings (SSSR count). The summed E-state index contributed by atoms with van der Waals surface area (Å²) in [6.45, 7) is 9.08. The molecular formula is C17H23OPSi. The molecule has 0 N–H and O–H groups in total. The van der Waals surface area contributed by atoms with Crippen LogP contribution in [0.25, 0.3) is 0 Å². The monoisotopic (exact) mass is 302 g/mol. The molecule has 0 saturated carbocycles. The Hall–Kier alpha value is -1.11. The first kappa shape index (κ1) is 15.3. The predicted octanol–water partition coefficient (Wildman–Crippen LogP) is 4.27. The number of rotatable bonds is 4. The highest BCUT2D eigenvalue weighted by Gasteiger charge is 2.40. The zero-order valence-electron chi connectivity index (χ0n) is 12.7. The first-order valence-electron chi connectivity index (χ1n) is 7.08. The van der Waals surface area contributed by atoms with E-state index in [1.54, 1.807) is 0 Å². The lowest BCUT2D eigenvalue weighted by Gasteiger charge is -2.34. The van der Waals surface area contributed by atoms with Gasteiger partial charge in [0.1, 0.15) is 7.14 Å². The third-order valence-corrected chi connectivity index (χ3v) is 13.2. The van der Waals surface area contributed by atoms with Crippen LogP contribution in [-0.2, 0) is 4.57 Å². The van der Waals surface area contributed by atoms with Gasteiger partial charge in [-0.1, -0.05) is 87.2 Å². The Morgan fingerprint density at radius 2 is 1.15 bits per heavy atom. The van der Waals surface area contributed by atoms with Gasteiger partial charge in [-0.05, 0) is 0 Å². The number of benzene rings is 2. The van der Waals surface area contributed by atoms with E-state index in [1.165, 1.54) is 0 Å². The molecule has 1 nitrogen and oxygen atoms in total. The Balaban J connectivity index is 2.65. The minimum Gasteiger partial charge on any atom is -0.314 e. The summed E-state index contributed by atoms with van der Waals surface area (Å²) in [6.07, 6.45) is 0. The lowest BCUT2D eigenvalue weighted by molar-refractivity contribution is 0.585. The number of hydrogen-bond donors (Lipinski definition) is 0. The van der Waals surface area contributed by atoms with Gasteiger partial charge >= 0.3 is 0 Å². The van der Waals surface area contributed by atoms with Crippen molar-refractivity contribution in [2.75, 3.05) is 0 Å². The van der Waals surface area contributed by atoms with E-state index >= 15 is 0 Å². The largest absolute Gasteiger partial charge is 0.314 e. The minimum atomic E-state index is -2.57. The molecule has 0 aromatic heterocycles. The van der Waals surface area contributed by atoms with Gasteiger partial charge in [0.05, 0.1) is 8.07 Å². The molecule has 0 aliphatic rings. The highest BCUT2D eigenvalue weighted by Crippen LogP contribution is 2.51. The van der Waals surface area contributed by atoms with E-state index in [0.717, 1.165) is 10.6 Å². The summed E-state index contributed by atoms with van der Waals surface area (Å²) < 4.78 is 14.0. The van der Waals surface area contributed by atoms with Crippen LogP contribution in [0.1, 0.15) is 6.92 Å².